The first kappa shape index (κ1) is 20.9. The van der Waals surface area contributed by atoms with Gasteiger partial charge in [-0.15, -0.1) is 0 Å². The number of H-pyrrole nitrogens is 1. The molecule has 1 aromatic heterocycles. The Hall–Kier alpha value is -1.44. The minimum Gasteiger partial charge on any atom is -0.374 e. The molecular formula is C19H32N2O5. The Morgan fingerprint density at radius 1 is 1.19 bits per heavy atom. The lowest BCUT2D eigenvalue weighted by Crippen LogP contribution is -2.44. The SMILES string of the molecule is CCC(C)(C)OC1C(OC)[C@H](n2ccc(=O)[nH]c2=O)O[C@@H]1CC(C)(C)C. The molecule has 26 heavy (non-hydrogen) atoms. The predicted octanol–water partition coefficient (Wildman–Crippen LogP) is 2.46. The molecular weight excluding hydrogens is 336 g/mol. The molecule has 1 N–H and O–H groups in total. The van der Waals surface area contributed by atoms with Crippen LogP contribution < -0.4 is 11.2 Å². The maximum absolute atomic E-state index is 12.3. The Morgan fingerprint density at radius 2 is 1.85 bits per heavy atom. The van der Waals surface area contributed by atoms with Crippen LogP contribution in [0.3, 0.4) is 0 Å². The first-order chi connectivity index (χ1) is 12.0. The zero-order valence-corrected chi connectivity index (χ0v) is 16.9. The van der Waals surface area contributed by atoms with Crippen molar-refractivity contribution >= 4 is 0 Å². The van der Waals surface area contributed by atoms with Crippen molar-refractivity contribution in [2.45, 2.75) is 84.5 Å². The normalized spacial score (nSPS) is 27.0. The Kier molecular flexibility index (Phi) is 6.15. The summed E-state index contributed by atoms with van der Waals surface area (Å²) in [5.41, 5.74) is -1.28. The minimum absolute atomic E-state index is 0.0196. The highest BCUT2D eigenvalue weighted by Gasteiger charge is 2.49. The fourth-order valence-corrected chi connectivity index (χ4v) is 3.17. The summed E-state index contributed by atoms with van der Waals surface area (Å²) in [6, 6.07) is 1.31. The van der Waals surface area contributed by atoms with Gasteiger partial charge in [0.1, 0.15) is 12.2 Å². The summed E-state index contributed by atoms with van der Waals surface area (Å²) in [5, 5.41) is 0. The van der Waals surface area contributed by atoms with Gasteiger partial charge >= 0.3 is 5.69 Å². The van der Waals surface area contributed by atoms with E-state index in [1.165, 1.54) is 16.8 Å². The Morgan fingerprint density at radius 3 is 2.35 bits per heavy atom. The van der Waals surface area contributed by atoms with Gasteiger partial charge in [0.25, 0.3) is 5.56 Å². The van der Waals surface area contributed by atoms with Crippen LogP contribution >= 0.6 is 0 Å². The Bertz CT molecular complexity index is 716. The standard InChI is InChI=1S/C19H32N2O5/c1-8-19(5,6)26-14-12(11-18(2,3)4)25-16(15(14)24-7)21-10-9-13(22)20-17(21)23/h9-10,12,14-16H,8,11H2,1-7H3,(H,20,22,23)/t12-,14?,15?,16-/m1/s1. The number of rotatable bonds is 6. The molecule has 0 aliphatic carbocycles. The first-order valence-electron chi connectivity index (χ1n) is 9.15. The molecule has 0 aromatic carbocycles. The van der Waals surface area contributed by atoms with Crippen LogP contribution in [0.5, 0.6) is 0 Å². The topological polar surface area (TPSA) is 82.5 Å². The van der Waals surface area contributed by atoms with Gasteiger partial charge in [0.2, 0.25) is 0 Å². The van der Waals surface area contributed by atoms with Gasteiger partial charge in [-0.2, -0.15) is 0 Å². The van der Waals surface area contributed by atoms with E-state index in [-0.39, 0.29) is 23.2 Å². The maximum atomic E-state index is 12.3. The molecule has 7 heteroatoms. The average molecular weight is 368 g/mol. The summed E-state index contributed by atoms with van der Waals surface area (Å²) >= 11 is 0. The Labute approximate surface area is 154 Å². The zero-order valence-electron chi connectivity index (χ0n) is 16.9. The number of methoxy groups -OCH3 is 1. The van der Waals surface area contributed by atoms with E-state index in [1.54, 1.807) is 7.11 Å². The highest BCUT2D eigenvalue weighted by atomic mass is 16.6. The Balaban J connectivity index is 2.41. The smallest absolute Gasteiger partial charge is 0.330 e. The molecule has 2 unspecified atom stereocenters. The molecule has 2 heterocycles. The van der Waals surface area contributed by atoms with Gasteiger partial charge in [-0.05, 0) is 32.1 Å². The molecule has 1 fully saturated rings. The summed E-state index contributed by atoms with van der Waals surface area (Å²) < 4.78 is 19.7. The monoisotopic (exact) mass is 368 g/mol. The van der Waals surface area contributed by atoms with Gasteiger partial charge in [0.15, 0.2) is 6.23 Å². The van der Waals surface area contributed by atoms with E-state index in [4.69, 9.17) is 14.2 Å². The number of nitrogens with one attached hydrogen (secondary N) is 1. The molecule has 1 saturated heterocycles. The number of ether oxygens (including phenoxy) is 3. The van der Waals surface area contributed by atoms with E-state index < -0.39 is 23.6 Å². The summed E-state index contributed by atoms with van der Waals surface area (Å²) in [5.74, 6) is 0. The molecule has 0 spiro atoms. The van der Waals surface area contributed by atoms with Crippen LogP contribution in [0.4, 0.5) is 0 Å². The minimum atomic E-state index is -0.658. The summed E-state index contributed by atoms with van der Waals surface area (Å²) in [6.07, 6.45) is 1.37. The summed E-state index contributed by atoms with van der Waals surface area (Å²) in [4.78, 5) is 25.9. The molecule has 1 aliphatic heterocycles. The molecule has 1 aliphatic rings. The highest BCUT2D eigenvalue weighted by Crippen LogP contribution is 2.39. The lowest BCUT2D eigenvalue weighted by Gasteiger charge is -2.34. The van der Waals surface area contributed by atoms with E-state index in [9.17, 15) is 9.59 Å². The highest BCUT2D eigenvalue weighted by molar-refractivity contribution is 4.97. The van der Waals surface area contributed by atoms with Gasteiger partial charge in [-0.25, -0.2) is 4.79 Å². The van der Waals surface area contributed by atoms with Gasteiger partial charge in [0, 0.05) is 19.4 Å². The number of nitrogens with zero attached hydrogens (tertiary/aromatic N) is 1. The fraction of sp³-hybridized carbons (Fsp3) is 0.789. The van der Waals surface area contributed by atoms with E-state index >= 15 is 0 Å². The fourth-order valence-electron chi connectivity index (χ4n) is 3.17. The van der Waals surface area contributed by atoms with Gasteiger partial charge in [-0.3, -0.25) is 14.3 Å². The number of aromatic amines is 1. The van der Waals surface area contributed by atoms with Crippen LogP contribution in [0, 0.1) is 5.41 Å². The third-order valence-electron chi connectivity index (χ3n) is 4.80. The maximum Gasteiger partial charge on any atom is 0.330 e. The van der Waals surface area contributed by atoms with Crippen molar-refractivity contribution < 1.29 is 14.2 Å². The molecule has 0 saturated carbocycles. The molecule has 0 amide bonds. The lowest BCUT2D eigenvalue weighted by molar-refractivity contribution is -0.132. The zero-order chi connectivity index (χ0) is 19.7. The second kappa shape index (κ2) is 7.66. The summed E-state index contributed by atoms with van der Waals surface area (Å²) in [7, 11) is 1.59. The van der Waals surface area contributed by atoms with E-state index in [1.807, 2.05) is 13.8 Å². The van der Waals surface area contributed by atoms with Crippen molar-refractivity contribution in [3.05, 3.63) is 33.1 Å². The molecule has 2 rings (SSSR count). The second-order valence-corrected chi connectivity index (χ2v) is 8.74. The van der Waals surface area contributed by atoms with Crippen LogP contribution in [0.15, 0.2) is 21.9 Å². The second-order valence-electron chi connectivity index (χ2n) is 8.74. The van der Waals surface area contributed by atoms with Gasteiger partial charge in [0.05, 0.1) is 11.7 Å². The molecule has 148 valence electrons. The van der Waals surface area contributed by atoms with Crippen molar-refractivity contribution in [1.82, 2.24) is 9.55 Å². The molecule has 0 bridgehead atoms. The van der Waals surface area contributed by atoms with Crippen molar-refractivity contribution in [3.63, 3.8) is 0 Å². The third-order valence-corrected chi connectivity index (χ3v) is 4.80. The number of hydrogen-bond acceptors (Lipinski definition) is 5. The van der Waals surface area contributed by atoms with E-state index in [0.717, 1.165) is 12.8 Å². The van der Waals surface area contributed by atoms with Crippen molar-refractivity contribution in [3.8, 4) is 0 Å². The van der Waals surface area contributed by atoms with Crippen LogP contribution in [0.2, 0.25) is 0 Å². The molecule has 0 radical (unpaired) electrons. The van der Waals surface area contributed by atoms with Crippen LogP contribution in [0.1, 0.15) is 60.6 Å². The van der Waals surface area contributed by atoms with Crippen LogP contribution in [-0.2, 0) is 14.2 Å². The van der Waals surface area contributed by atoms with E-state index in [0.29, 0.717) is 0 Å². The number of hydrogen-bond donors (Lipinski definition) is 1. The van der Waals surface area contributed by atoms with Crippen molar-refractivity contribution in [2.75, 3.05) is 7.11 Å². The van der Waals surface area contributed by atoms with Gasteiger partial charge < -0.3 is 14.2 Å². The molecule has 7 nitrogen and oxygen atoms in total. The molecule has 4 atom stereocenters. The quantitative estimate of drug-likeness (QED) is 0.834. The largest absolute Gasteiger partial charge is 0.374 e. The van der Waals surface area contributed by atoms with Crippen LogP contribution in [0.25, 0.3) is 0 Å². The summed E-state index contributed by atoms with van der Waals surface area (Å²) in [6.45, 7) is 12.6. The van der Waals surface area contributed by atoms with Crippen molar-refractivity contribution in [1.29, 1.82) is 0 Å². The van der Waals surface area contributed by atoms with Crippen LogP contribution in [-0.4, -0.2) is 40.6 Å². The molecule has 1 aromatic rings. The lowest BCUT2D eigenvalue weighted by atomic mass is 9.87. The first-order valence-corrected chi connectivity index (χ1v) is 9.15. The predicted molar refractivity (Wildman–Crippen MR) is 99.3 cm³/mol. The average Bonchev–Trinajstić information content (AvgIpc) is 2.82. The van der Waals surface area contributed by atoms with Gasteiger partial charge in [-0.1, -0.05) is 27.7 Å². The third kappa shape index (κ3) is 4.84. The number of aromatic nitrogens is 2. The van der Waals surface area contributed by atoms with E-state index in [2.05, 4.69) is 32.7 Å². The van der Waals surface area contributed by atoms with Crippen molar-refractivity contribution in [2.24, 2.45) is 5.41 Å².